The van der Waals surface area contributed by atoms with Gasteiger partial charge in [0, 0.05) is 15.7 Å². The lowest BCUT2D eigenvalue weighted by Crippen LogP contribution is -2.13. The van der Waals surface area contributed by atoms with E-state index in [9.17, 15) is 4.79 Å². The van der Waals surface area contributed by atoms with Crippen LogP contribution in [0.3, 0.4) is 0 Å². The Morgan fingerprint density at radius 3 is 2.77 bits per heavy atom. The van der Waals surface area contributed by atoms with Crippen molar-refractivity contribution in [2.75, 3.05) is 17.7 Å². The van der Waals surface area contributed by atoms with Crippen molar-refractivity contribution < 1.29 is 13.9 Å². The zero-order valence-electron chi connectivity index (χ0n) is 13.9. The summed E-state index contributed by atoms with van der Waals surface area (Å²) in [6.45, 7) is 2.53. The fraction of sp³-hybridized carbons (Fsp3) is 0.167. The summed E-state index contributed by atoms with van der Waals surface area (Å²) in [7, 11) is 0. The normalized spacial score (nSPS) is 10.5. The van der Waals surface area contributed by atoms with Gasteiger partial charge in [0.25, 0.3) is 5.22 Å². The van der Waals surface area contributed by atoms with Crippen LogP contribution in [0.4, 0.5) is 5.69 Å². The van der Waals surface area contributed by atoms with Crippen molar-refractivity contribution in [2.24, 2.45) is 0 Å². The highest BCUT2D eigenvalue weighted by Gasteiger charge is 2.11. The molecule has 1 aromatic heterocycles. The van der Waals surface area contributed by atoms with Gasteiger partial charge in [-0.1, -0.05) is 33.8 Å². The Morgan fingerprint density at radius 1 is 1.23 bits per heavy atom. The summed E-state index contributed by atoms with van der Waals surface area (Å²) < 4.78 is 11.9. The molecule has 1 heterocycles. The number of aromatic nitrogens is 2. The molecule has 2 aromatic carbocycles. The lowest BCUT2D eigenvalue weighted by Gasteiger charge is -2.06. The van der Waals surface area contributed by atoms with E-state index < -0.39 is 0 Å². The topological polar surface area (TPSA) is 77.2 Å². The van der Waals surface area contributed by atoms with E-state index in [1.165, 1.54) is 11.8 Å². The number of amides is 1. The van der Waals surface area contributed by atoms with Crippen LogP contribution in [0.1, 0.15) is 6.92 Å². The number of carbonyl (C=O) groups is 1. The van der Waals surface area contributed by atoms with Crippen LogP contribution in [-0.2, 0) is 4.79 Å². The number of ether oxygens (including phenoxy) is 1. The van der Waals surface area contributed by atoms with Gasteiger partial charge in [-0.25, -0.2) is 0 Å². The fourth-order valence-electron chi connectivity index (χ4n) is 2.13. The Morgan fingerprint density at radius 2 is 2.04 bits per heavy atom. The van der Waals surface area contributed by atoms with E-state index in [4.69, 9.17) is 9.15 Å². The highest BCUT2D eigenvalue weighted by Crippen LogP contribution is 2.25. The van der Waals surface area contributed by atoms with Crippen molar-refractivity contribution in [3.63, 3.8) is 0 Å². The second-order valence-electron chi connectivity index (χ2n) is 5.18. The van der Waals surface area contributed by atoms with E-state index in [1.54, 1.807) is 12.1 Å². The third-order valence-corrected chi connectivity index (χ3v) is 4.57. The van der Waals surface area contributed by atoms with Crippen LogP contribution < -0.4 is 10.1 Å². The van der Waals surface area contributed by atoms with Crippen LogP contribution in [0.25, 0.3) is 11.5 Å². The summed E-state index contributed by atoms with van der Waals surface area (Å²) in [5, 5.41) is 11.1. The van der Waals surface area contributed by atoms with Gasteiger partial charge in [-0.2, -0.15) is 0 Å². The molecule has 0 saturated heterocycles. The van der Waals surface area contributed by atoms with Gasteiger partial charge in [0.1, 0.15) is 5.75 Å². The Balaban J connectivity index is 1.53. The minimum absolute atomic E-state index is 0.152. The number of nitrogens with one attached hydrogen (secondary N) is 1. The molecule has 26 heavy (non-hydrogen) atoms. The predicted octanol–water partition coefficient (Wildman–Crippen LogP) is 4.63. The first-order valence-electron chi connectivity index (χ1n) is 7.89. The summed E-state index contributed by atoms with van der Waals surface area (Å²) in [5.74, 6) is 1.21. The van der Waals surface area contributed by atoms with Crippen molar-refractivity contribution in [2.45, 2.75) is 12.1 Å². The van der Waals surface area contributed by atoms with Gasteiger partial charge >= 0.3 is 0 Å². The number of benzene rings is 2. The molecular weight excluding hydrogens is 418 g/mol. The first-order valence-corrected chi connectivity index (χ1v) is 9.67. The number of hydrogen-bond donors (Lipinski definition) is 1. The second kappa shape index (κ2) is 8.86. The van der Waals surface area contributed by atoms with Crippen molar-refractivity contribution in [1.29, 1.82) is 0 Å². The maximum absolute atomic E-state index is 12.1. The molecule has 0 radical (unpaired) electrons. The molecule has 0 fully saturated rings. The SMILES string of the molecule is CCOc1ccc(NC(=O)CSc2nnc(-c3cccc(Br)c3)o2)cc1. The highest BCUT2D eigenvalue weighted by molar-refractivity contribution is 9.10. The summed E-state index contributed by atoms with van der Waals surface area (Å²) in [6.07, 6.45) is 0. The smallest absolute Gasteiger partial charge is 0.277 e. The lowest BCUT2D eigenvalue weighted by molar-refractivity contribution is -0.113. The lowest BCUT2D eigenvalue weighted by atomic mass is 10.2. The third-order valence-electron chi connectivity index (χ3n) is 3.25. The number of halogens is 1. The maximum atomic E-state index is 12.1. The molecule has 0 spiro atoms. The van der Waals surface area contributed by atoms with Gasteiger partial charge in [0.2, 0.25) is 11.8 Å². The Bertz CT molecular complexity index is 883. The third kappa shape index (κ3) is 5.09. The highest BCUT2D eigenvalue weighted by atomic mass is 79.9. The number of rotatable bonds is 7. The first kappa shape index (κ1) is 18.5. The van der Waals surface area contributed by atoms with E-state index >= 15 is 0 Å². The monoisotopic (exact) mass is 433 g/mol. The van der Waals surface area contributed by atoms with Crippen LogP contribution >= 0.6 is 27.7 Å². The molecule has 3 rings (SSSR count). The zero-order chi connectivity index (χ0) is 18.4. The Labute approximate surface area is 163 Å². The summed E-state index contributed by atoms with van der Waals surface area (Å²) in [6, 6.07) is 14.8. The molecule has 0 saturated carbocycles. The molecule has 0 atom stereocenters. The van der Waals surface area contributed by atoms with Gasteiger partial charge in [-0.05, 0) is 49.4 Å². The summed E-state index contributed by atoms with van der Waals surface area (Å²) >= 11 is 4.59. The molecule has 3 aromatic rings. The number of nitrogens with zero attached hydrogens (tertiary/aromatic N) is 2. The van der Waals surface area contributed by atoms with Crippen LogP contribution in [0.15, 0.2) is 62.6 Å². The van der Waals surface area contributed by atoms with Gasteiger partial charge in [-0.15, -0.1) is 10.2 Å². The average Bonchev–Trinajstić information content (AvgIpc) is 3.11. The molecule has 134 valence electrons. The molecule has 0 unspecified atom stereocenters. The standard InChI is InChI=1S/C18H16BrN3O3S/c1-2-24-15-8-6-14(7-9-15)20-16(23)11-26-18-22-21-17(25-18)12-4-3-5-13(19)10-12/h3-10H,2,11H2,1H3,(H,20,23). The van der Waals surface area contributed by atoms with E-state index in [0.29, 0.717) is 23.4 Å². The van der Waals surface area contributed by atoms with Gasteiger partial charge in [0.15, 0.2) is 0 Å². The van der Waals surface area contributed by atoms with Crippen LogP contribution in [0.5, 0.6) is 5.75 Å². The quantitative estimate of drug-likeness (QED) is 0.547. The Kier molecular flexibility index (Phi) is 6.30. The van der Waals surface area contributed by atoms with Crippen molar-refractivity contribution >= 4 is 39.3 Å². The van der Waals surface area contributed by atoms with Crippen molar-refractivity contribution in [3.05, 3.63) is 53.0 Å². The minimum Gasteiger partial charge on any atom is -0.494 e. The van der Waals surface area contributed by atoms with Crippen molar-refractivity contribution in [3.8, 4) is 17.2 Å². The van der Waals surface area contributed by atoms with Gasteiger partial charge in [-0.3, -0.25) is 4.79 Å². The molecule has 1 amide bonds. The van der Waals surface area contributed by atoms with E-state index in [-0.39, 0.29) is 11.7 Å². The molecule has 6 nitrogen and oxygen atoms in total. The van der Waals surface area contributed by atoms with Crippen LogP contribution in [0.2, 0.25) is 0 Å². The number of hydrogen-bond acceptors (Lipinski definition) is 6. The average molecular weight is 434 g/mol. The number of carbonyl (C=O) groups excluding carboxylic acids is 1. The molecule has 1 N–H and O–H groups in total. The zero-order valence-corrected chi connectivity index (χ0v) is 16.3. The summed E-state index contributed by atoms with van der Waals surface area (Å²) in [4.78, 5) is 12.1. The summed E-state index contributed by atoms with van der Waals surface area (Å²) in [5.41, 5.74) is 1.52. The number of anilines is 1. The first-order chi connectivity index (χ1) is 12.6. The fourth-order valence-corrected chi connectivity index (χ4v) is 3.09. The molecule has 0 bridgehead atoms. The van der Waals surface area contributed by atoms with Gasteiger partial charge < -0.3 is 14.5 Å². The Hall–Kier alpha value is -2.32. The largest absolute Gasteiger partial charge is 0.494 e. The molecule has 0 aliphatic heterocycles. The van der Waals surface area contributed by atoms with E-state index in [2.05, 4.69) is 31.4 Å². The van der Waals surface area contributed by atoms with Crippen LogP contribution in [0, 0.1) is 0 Å². The number of thioether (sulfide) groups is 1. The van der Waals surface area contributed by atoms with Crippen molar-refractivity contribution in [1.82, 2.24) is 10.2 Å². The molecular formula is C18H16BrN3O3S. The predicted molar refractivity (Wildman–Crippen MR) is 104 cm³/mol. The molecule has 0 aliphatic carbocycles. The minimum atomic E-state index is -0.152. The van der Waals surface area contributed by atoms with E-state index in [0.717, 1.165) is 15.8 Å². The van der Waals surface area contributed by atoms with Crippen LogP contribution in [-0.4, -0.2) is 28.5 Å². The second-order valence-corrected chi connectivity index (χ2v) is 7.02. The maximum Gasteiger partial charge on any atom is 0.277 e. The van der Waals surface area contributed by atoms with E-state index in [1.807, 2.05) is 43.3 Å². The molecule has 8 heteroatoms. The van der Waals surface area contributed by atoms with Gasteiger partial charge in [0.05, 0.1) is 12.4 Å². The molecule has 0 aliphatic rings.